The fourth-order valence-corrected chi connectivity index (χ4v) is 0.954. The van der Waals surface area contributed by atoms with Gasteiger partial charge >= 0.3 is 0 Å². The molecule has 0 saturated heterocycles. The van der Waals surface area contributed by atoms with Gasteiger partial charge in [-0.2, -0.15) is 0 Å². The maximum atomic E-state index is 2.15. The minimum Gasteiger partial charge on any atom is -0.336 e. The van der Waals surface area contributed by atoms with Gasteiger partial charge in [0.15, 0.2) is 0 Å². The zero-order valence-electron chi connectivity index (χ0n) is 4.26. The molecule has 1 nitrogen and oxygen atoms in total. The van der Waals surface area contributed by atoms with Gasteiger partial charge in [-0.3, -0.25) is 0 Å². The van der Waals surface area contributed by atoms with E-state index in [1.807, 2.05) is 12.1 Å². The molecule has 0 radical (unpaired) electrons. The Morgan fingerprint density at radius 2 is 1.86 bits per heavy atom. The maximum Gasteiger partial charge on any atom is 0.00706 e. The molecule has 1 heterocycles. The maximum absolute atomic E-state index is 2.15. The summed E-state index contributed by atoms with van der Waals surface area (Å²) in [5, 5.41) is 0. The van der Waals surface area contributed by atoms with Crippen molar-refractivity contribution >= 4 is 8.73 Å². The summed E-state index contributed by atoms with van der Waals surface area (Å²) >= 11 is 0. The molecule has 0 saturated carbocycles. The van der Waals surface area contributed by atoms with Gasteiger partial charge < -0.3 is 4.34 Å². The Morgan fingerprint density at radius 3 is 2.14 bits per heavy atom. The monoisotopic (exact) mass is 113 g/mol. The zero-order valence-corrected chi connectivity index (χ0v) is 5.26. The minimum absolute atomic E-state index is 0.871. The van der Waals surface area contributed by atoms with Crippen molar-refractivity contribution in [2.24, 2.45) is 0 Å². The van der Waals surface area contributed by atoms with Gasteiger partial charge in [-0.25, -0.2) is 0 Å². The number of aromatic nitrogens is 1. The van der Waals surface area contributed by atoms with E-state index in [0.717, 1.165) is 8.73 Å². The molecule has 0 aliphatic carbocycles. The summed E-state index contributed by atoms with van der Waals surface area (Å²) in [7, 11) is 0.871. The third-order valence-electron chi connectivity index (χ3n) is 0.863. The van der Waals surface area contributed by atoms with Gasteiger partial charge in [-0.05, 0) is 27.5 Å². The van der Waals surface area contributed by atoms with Gasteiger partial charge in [0.1, 0.15) is 0 Å². The molecule has 38 valence electrons. The van der Waals surface area contributed by atoms with Crippen molar-refractivity contribution < 1.29 is 0 Å². The average Bonchev–Trinajstić information content (AvgIpc) is 2.14. The second-order valence-corrected chi connectivity index (χ2v) is 2.28. The smallest absolute Gasteiger partial charge is 0.00706 e. The van der Waals surface area contributed by atoms with E-state index >= 15 is 0 Å². The Kier molecular flexibility index (Phi) is 1.48. The molecule has 1 unspecified atom stereocenters. The topological polar surface area (TPSA) is 4.93 Å². The van der Waals surface area contributed by atoms with E-state index in [1.165, 1.54) is 0 Å². The second-order valence-electron chi connectivity index (χ2n) is 1.31. The van der Waals surface area contributed by atoms with Gasteiger partial charge in [0.05, 0.1) is 0 Å². The predicted octanol–water partition coefficient (Wildman–Crippen LogP) is 1.56. The molecule has 1 rings (SSSR count). The summed E-state index contributed by atoms with van der Waals surface area (Å²) in [4.78, 5) is 0. The molecule has 1 atom stereocenters. The van der Waals surface area contributed by atoms with Crippen LogP contribution < -0.4 is 0 Å². The molecule has 0 spiro atoms. The third-order valence-corrected chi connectivity index (χ3v) is 1.68. The van der Waals surface area contributed by atoms with Crippen LogP contribution in [0.2, 0.25) is 0 Å². The van der Waals surface area contributed by atoms with Crippen LogP contribution in [0.4, 0.5) is 0 Å². The largest absolute Gasteiger partial charge is 0.336 e. The highest BCUT2D eigenvalue weighted by molar-refractivity contribution is 7.35. The van der Waals surface area contributed by atoms with Crippen LogP contribution in [-0.4, -0.2) is 11.0 Å². The summed E-state index contributed by atoms with van der Waals surface area (Å²) in [5.74, 6) is 0. The summed E-state index contributed by atoms with van der Waals surface area (Å²) in [5.41, 5.74) is 0. The van der Waals surface area contributed by atoms with Crippen LogP contribution in [-0.2, 0) is 0 Å². The molecule has 0 bridgehead atoms. The van der Waals surface area contributed by atoms with E-state index in [-0.39, 0.29) is 0 Å². The van der Waals surface area contributed by atoms with Gasteiger partial charge in [0.2, 0.25) is 0 Å². The van der Waals surface area contributed by atoms with Crippen LogP contribution in [0.5, 0.6) is 0 Å². The lowest BCUT2D eigenvalue weighted by Crippen LogP contribution is -1.69. The lowest BCUT2D eigenvalue weighted by Gasteiger charge is -1.89. The lowest BCUT2D eigenvalue weighted by molar-refractivity contribution is 1.28. The van der Waals surface area contributed by atoms with Gasteiger partial charge in [0, 0.05) is 12.4 Å². The number of nitrogens with zero attached hydrogens (tertiary/aromatic N) is 1. The predicted molar refractivity (Wildman–Crippen MR) is 34.1 cm³/mol. The molecular weight excluding hydrogens is 105 g/mol. The van der Waals surface area contributed by atoms with E-state index in [2.05, 4.69) is 23.4 Å². The van der Waals surface area contributed by atoms with Crippen LogP contribution in [0.3, 0.4) is 0 Å². The van der Waals surface area contributed by atoms with Crippen LogP contribution in [0.15, 0.2) is 24.5 Å². The number of rotatable bonds is 1. The number of hydrogen-bond acceptors (Lipinski definition) is 0. The molecule has 1 aromatic rings. The first-order valence-electron chi connectivity index (χ1n) is 2.24. The summed E-state index contributed by atoms with van der Waals surface area (Å²) < 4.78 is 2.15. The third kappa shape index (κ3) is 1.04. The molecule has 1 aromatic heterocycles. The van der Waals surface area contributed by atoms with Crippen LogP contribution >= 0.6 is 8.73 Å². The highest BCUT2D eigenvalue weighted by Crippen LogP contribution is 2.06. The van der Waals surface area contributed by atoms with Gasteiger partial charge in [0.25, 0.3) is 0 Å². The SMILES string of the molecule is CPn1cccc1. The molecule has 0 aliphatic heterocycles. The van der Waals surface area contributed by atoms with Gasteiger partial charge in [-0.1, -0.05) is 0 Å². The second kappa shape index (κ2) is 2.13. The quantitative estimate of drug-likeness (QED) is 0.487. The highest BCUT2D eigenvalue weighted by Gasteiger charge is 1.75. The van der Waals surface area contributed by atoms with Crippen molar-refractivity contribution in [1.29, 1.82) is 0 Å². The molecule has 7 heavy (non-hydrogen) atoms. The first-order chi connectivity index (χ1) is 3.43. The fraction of sp³-hybridized carbons (Fsp3) is 0.200. The summed E-state index contributed by atoms with van der Waals surface area (Å²) in [6, 6.07) is 4.08. The molecule has 2 heteroatoms. The van der Waals surface area contributed by atoms with Crippen LogP contribution in [0.1, 0.15) is 0 Å². The standard InChI is InChI=1S/C5H8NP/c1-7-6-4-2-3-5-6/h2-5,7H,1H3. The fourth-order valence-electron chi connectivity index (χ4n) is 0.484. The molecule has 0 aromatic carbocycles. The van der Waals surface area contributed by atoms with Crippen molar-refractivity contribution in [3.05, 3.63) is 24.5 Å². The van der Waals surface area contributed by atoms with Crippen molar-refractivity contribution in [1.82, 2.24) is 4.34 Å². The first-order valence-corrected chi connectivity index (χ1v) is 3.69. The Balaban J connectivity index is 2.76. The van der Waals surface area contributed by atoms with Crippen LogP contribution in [0.25, 0.3) is 0 Å². The van der Waals surface area contributed by atoms with E-state index < -0.39 is 0 Å². The van der Waals surface area contributed by atoms with E-state index in [1.54, 1.807) is 0 Å². The van der Waals surface area contributed by atoms with Gasteiger partial charge in [-0.15, -0.1) is 0 Å². The van der Waals surface area contributed by atoms with E-state index in [9.17, 15) is 0 Å². The summed E-state index contributed by atoms with van der Waals surface area (Å²) in [6.07, 6.45) is 4.14. The Bertz CT molecular complexity index is 123. The molecule has 0 amide bonds. The van der Waals surface area contributed by atoms with Crippen LogP contribution in [0, 0.1) is 0 Å². The highest BCUT2D eigenvalue weighted by atomic mass is 31.1. The summed E-state index contributed by atoms with van der Waals surface area (Å²) in [6.45, 7) is 2.15. The normalized spacial score (nSPS) is 11.0. The Morgan fingerprint density at radius 1 is 1.29 bits per heavy atom. The van der Waals surface area contributed by atoms with Crippen molar-refractivity contribution in [3.8, 4) is 0 Å². The Labute approximate surface area is 45.2 Å². The first kappa shape index (κ1) is 4.86. The molecule has 0 aliphatic rings. The zero-order chi connectivity index (χ0) is 5.11. The molecule has 0 fully saturated rings. The minimum atomic E-state index is 0.871. The lowest BCUT2D eigenvalue weighted by atomic mass is 10.7. The van der Waals surface area contributed by atoms with E-state index in [0.29, 0.717) is 0 Å². The Hall–Kier alpha value is -0.290. The average molecular weight is 113 g/mol. The van der Waals surface area contributed by atoms with Crippen molar-refractivity contribution in [2.45, 2.75) is 0 Å². The van der Waals surface area contributed by atoms with Crippen molar-refractivity contribution in [3.63, 3.8) is 0 Å². The van der Waals surface area contributed by atoms with Crippen molar-refractivity contribution in [2.75, 3.05) is 6.66 Å². The molecular formula is C5H8NP. The van der Waals surface area contributed by atoms with E-state index in [4.69, 9.17) is 0 Å². The molecule has 0 N–H and O–H groups in total. The number of hydrogen-bond donors (Lipinski definition) is 0.